The van der Waals surface area contributed by atoms with Crippen LogP contribution in [0.2, 0.25) is 0 Å². The third-order valence-electron chi connectivity index (χ3n) is 4.44. The van der Waals surface area contributed by atoms with Gasteiger partial charge in [-0.25, -0.2) is 9.97 Å². The smallest absolute Gasteiger partial charge is 0.253 e. The van der Waals surface area contributed by atoms with Gasteiger partial charge in [-0.05, 0) is 38.7 Å². The van der Waals surface area contributed by atoms with Crippen LogP contribution in [-0.4, -0.2) is 50.9 Å². The van der Waals surface area contributed by atoms with E-state index in [9.17, 15) is 15.0 Å². The second kappa shape index (κ2) is 7.76. The maximum absolute atomic E-state index is 12.4. The number of aliphatic hydroxyl groups excluding tert-OH is 2. The van der Waals surface area contributed by atoms with Crippen molar-refractivity contribution in [3.63, 3.8) is 0 Å². The quantitative estimate of drug-likeness (QED) is 0.654. The van der Waals surface area contributed by atoms with Crippen molar-refractivity contribution in [2.75, 3.05) is 11.9 Å². The number of nitrogens with zero attached hydrogens (tertiary/aromatic N) is 2. The molecule has 1 atom stereocenters. The summed E-state index contributed by atoms with van der Waals surface area (Å²) >= 11 is 0. The average molecular weight is 344 g/mol. The van der Waals surface area contributed by atoms with E-state index >= 15 is 0 Å². The lowest BCUT2D eigenvalue weighted by molar-refractivity contribution is 0.0925. The second-order valence-electron chi connectivity index (χ2n) is 6.65. The zero-order valence-electron chi connectivity index (χ0n) is 14.3. The Morgan fingerprint density at radius 3 is 2.80 bits per heavy atom. The number of carbonyl (C=O) groups excluding carboxylic acids is 1. The van der Waals surface area contributed by atoms with Gasteiger partial charge in [-0.2, -0.15) is 0 Å². The Morgan fingerprint density at radius 1 is 1.32 bits per heavy atom. The van der Waals surface area contributed by atoms with Crippen LogP contribution in [0, 0.1) is 0 Å². The first kappa shape index (κ1) is 17.6. The predicted octanol–water partition coefficient (Wildman–Crippen LogP) is 1.46. The number of nitrogens with one attached hydrogen (secondary N) is 2. The molecule has 4 N–H and O–H groups in total. The molecule has 0 bridgehead atoms. The molecule has 1 aliphatic carbocycles. The summed E-state index contributed by atoms with van der Waals surface area (Å²) in [5.74, 6) is 0.224. The number of hydrogen-bond acceptors (Lipinski definition) is 6. The molecule has 3 rings (SSSR count). The van der Waals surface area contributed by atoms with Gasteiger partial charge in [-0.1, -0.05) is 12.1 Å². The lowest BCUT2D eigenvalue weighted by Gasteiger charge is -2.26. The van der Waals surface area contributed by atoms with Crippen molar-refractivity contribution in [3.8, 4) is 0 Å². The van der Waals surface area contributed by atoms with Gasteiger partial charge in [-0.3, -0.25) is 4.79 Å². The van der Waals surface area contributed by atoms with Crippen LogP contribution in [0.3, 0.4) is 0 Å². The largest absolute Gasteiger partial charge is 0.393 e. The Kier molecular flexibility index (Phi) is 5.45. The van der Waals surface area contributed by atoms with E-state index in [0.29, 0.717) is 17.0 Å². The van der Waals surface area contributed by atoms with E-state index < -0.39 is 6.10 Å². The highest BCUT2D eigenvalue weighted by Crippen LogP contribution is 2.22. The first-order valence-corrected chi connectivity index (χ1v) is 8.69. The first-order valence-electron chi connectivity index (χ1n) is 8.69. The summed E-state index contributed by atoms with van der Waals surface area (Å²) in [7, 11) is 0. The maximum atomic E-state index is 12.4. The Balaban J connectivity index is 1.80. The van der Waals surface area contributed by atoms with Gasteiger partial charge in [0.2, 0.25) is 5.95 Å². The summed E-state index contributed by atoms with van der Waals surface area (Å²) in [4.78, 5) is 21.2. The predicted molar refractivity (Wildman–Crippen MR) is 95.4 cm³/mol. The van der Waals surface area contributed by atoms with Crippen molar-refractivity contribution in [2.24, 2.45) is 0 Å². The zero-order valence-corrected chi connectivity index (χ0v) is 14.3. The minimum absolute atomic E-state index is 0.190. The molecule has 25 heavy (non-hydrogen) atoms. The Morgan fingerprint density at radius 2 is 2.08 bits per heavy atom. The van der Waals surface area contributed by atoms with E-state index in [2.05, 4.69) is 20.6 Å². The van der Waals surface area contributed by atoms with Crippen LogP contribution in [0.15, 0.2) is 24.4 Å². The first-order chi connectivity index (χ1) is 12.0. The van der Waals surface area contributed by atoms with Gasteiger partial charge in [0.15, 0.2) is 0 Å². The van der Waals surface area contributed by atoms with Gasteiger partial charge >= 0.3 is 0 Å². The normalized spacial score (nSPS) is 21.7. The van der Waals surface area contributed by atoms with Crippen molar-refractivity contribution in [3.05, 3.63) is 30.0 Å². The maximum Gasteiger partial charge on any atom is 0.253 e. The fourth-order valence-electron chi connectivity index (χ4n) is 3.05. The van der Waals surface area contributed by atoms with E-state index in [1.165, 1.54) is 0 Å². The van der Waals surface area contributed by atoms with Crippen LogP contribution in [0.1, 0.15) is 43.0 Å². The molecule has 1 aliphatic rings. The minimum Gasteiger partial charge on any atom is -0.393 e. The summed E-state index contributed by atoms with van der Waals surface area (Å²) in [6.07, 6.45) is 4.19. The molecule has 0 radical (unpaired) electrons. The molecule has 1 aromatic heterocycles. The SMILES string of the molecule is C[C@@H](O)CNC(=O)c1cccc2cnc(N[C@H]3CC[C@H](O)CC3)nc12. The number of para-hydroxylation sites is 1. The van der Waals surface area contributed by atoms with E-state index in [4.69, 9.17) is 0 Å². The summed E-state index contributed by atoms with van der Waals surface area (Å²) in [6, 6.07) is 5.60. The van der Waals surface area contributed by atoms with Crippen LogP contribution in [0.25, 0.3) is 10.9 Å². The monoisotopic (exact) mass is 344 g/mol. The number of anilines is 1. The molecule has 0 spiro atoms. The summed E-state index contributed by atoms with van der Waals surface area (Å²) in [6.45, 7) is 1.81. The topological polar surface area (TPSA) is 107 Å². The number of carbonyl (C=O) groups is 1. The van der Waals surface area contributed by atoms with Crippen LogP contribution in [0.4, 0.5) is 5.95 Å². The van der Waals surface area contributed by atoms with Crippen molar-refractivity contribution in [2.45, 2.75) is 50.9 Å². The second-order valence-corrected chi connectivity index (χ2v) is 6.65. The fraction of sp³-hybridized carbons (Fsp3) is 0.500. The minimum atomic E-state index is -0.604. The molecule has 0 saturated heterocycles. The van der Waals surface area contributed by atoms with E-state index in [-0.39, 0.29) is 24.6 Å². The van der Waals surface area contributed by atoms with Crippen molar-refractivity contribution >= 4 is 22.8 Å². The highest BCUT2D eigenvalue weighted by molar-refractivity contribution is 6.05. The molecule has 0 aliphatic heterocycles. The molecule has 2 aromatic rings. The molecule has 7 nitrogen and oxygen atoms in total. The number of rotatable bonds is 5. The van der Waals surface area contributed by atoms with Gasteiger partial charge in [-0.15, -0.1) is 0 Å². The Bertz CT molecular complexity index is 742. The van der Waals surface area contributed by atoms with Crippen molar-refractivity contribution < 1.29 is 15.0 Å². The summed E-state index contributed by atoms with van der Waals surface area (Å²) in [5.41, 5.74) is 1.04. The van der Waals surface area contributed by atoms with Crippen LogP contribution < -0.4 is 10.6 Å². The number of fused-ring (bicyclic) bond motifs is 1. The summed E-state index contributed by atoms with van der Waals surface area (Å²) < 4.78 is 0. The van der Waals surface area contributed by atoms with Crippen LogP contribution >= 0.6 is 0 Å². The van der Waals surface area contributed by atoms with Gasteiger partial charge < -0.3 is 20.8 Å². The van der Waals surface area contributed by atoms with Gasteiger partial charge in [0.25, 0.3) is 5.91 Å². The van der Waals surface area contributed by atoms with Crippen LogP contribution in [0.5, 0.6) is 0 Å². The molecule has 1 heterocycles. The third kappa shape index (κ3) is 4.43. The third-order valence-corrected chi connectivity index (χ3v) is 4.44. The average Bonchev–Trinajstić information content (AvgIpc) is 2.61. The summed E-state index contributed by atoms with van der Waals surface area (Å²) in [5, 5.41) is 25.7. The number of aromatic nitrogens is 2. The van der Waals surface area contributed by atoms with E-state index in [0.717, 1.165) is 31.1 Å². The zero-order chi connectivity index (χ0) is 17.8. The standard InChI is InChI=1S/C18H24N4O3/c1-11(23)9-19-17(25)15-4-2-3-12-10-20-18(22-16(12)15)21-13-5-7-14(24)8-6-13/h2-4,10-11,13-14,23-24H,5-9H2,1H3,(H,19,25)(H,20,21,22)/t11-,13-,14-/m1/s1. The molecule has 1 amide bonds. The molecule has 1 aromatic carbocycles. The fourth-order valence-corrected chi connectivity index (χ4v) is 3.05. The van der Waals surface area contributed by atoms with E-state index in [1.807, 2.05) is 6.07 Å². The Hall–Kier alpha value is -2.25. The molecule has 134 valence electrons. The molecule has 1 saturated carbocycles. The Labute approximate surface area is 146 Å². The molecular formula is C18H24N4O3. The number of hydrogen-bond donors (Lipinski definition) is 4. The highest BCUT2D eigenvalue weighted by Gasteiger charge is 2.20. The lowest BCUT2D eigenvalue weighted by atomic mass is 9.93. The molecular weight excluding hydrogens is 320 g/mol. The number of aliphatic hydroxyl groups is 2. The molecule has 1 fully saturated rings. The van der Waals surface area contributed by atoms with Gasteiger partial charge in [0, 0.05) is 24.2 Å². The van der Waals surface area contributed by atoms with Gasteiger partial charge in [0.05, 0.1) is 23.3 Å². The number of benzene rings is 1. The highest BCUT2D eigenvalue weighted by atomic mass is 16.3. The van der Waals surface area contributed by atoms with Crippen LogP contribution in [-0.2, 0) is 0 Å². The molecule has 7 heteroatoms. The van der Waals surface area contributed by atoms with E-state index in [1.54, 1.807) is 25.3 Å². The number of amides is 1. The molecule has 0 unspecified atom stereocenters. The lowest BCUT2D eigenvalue weighted by Crippen LogP contribution is -2.31. The van der Waals surface area contributed by atoms with Crippen molar-refractivity contribution in [1.82, 2.24) is 15.3 Å². The van der Waals surface area contributed by atoms with Crippen molar-refractivity contribution in [1.29, 1.82) is 0 Å². The van der Waals surface area contributed by atoms with Gasteiger partial charge in [0.1, 0.15) is 0 Å².